The number of likely N-dealkylation sites (tertiary alicyclic amines) is 1. The predicted molar refractivity (Wildman–Crippen MR) is 125 cm³/mol. The molecule has 1 aliphatic carbocycles. The van der Waals surface area contributed by atoms with Crippen LogP contribution in [0.4, 0.5) is 13.2 Å². The van der Waals surface area contributed by atoms with Crippen LogP contribution in [0.5, 0.6) is 0 Å². The first-order chi connectivity index (χ1) is 16.2. The summed E-state index contributed by atoms with van der Waals surface area (Å²) in [7, 11) is 0. The van der Waals surface area contributed by atoms with Crippen LogP contribution in [-0.4, -0.2) is 27.5 Å². The Kier molecular flexibility index (Phi) is 6.10. The number of aromatic amines is 1. The third-order valence-corrected chi connectivity index (χ3v) is 7.55. The SMILES string of the molecule is O=C1C(Cc2c(Cl)cc(-c3ccc(C(F)(F)F)cc3)cc2Cl)CCN1[C@@H]1CCCc2[nH]ncc21. The Hall–Kier alpha value is -2.51. The van der Waals surface area contributed by atoms with Gasteiger partial charge in [0, 0.05) is 33.8 Å². The fourth-order valence-electron chi connectivity index (χ4n) is 5.09. The monoisotopic (exact) mass is 507 g/mol. The zero-order chi connectivity index (χ0) is 24.0. The van der Waals surface area contributed by atoms with Gasteiger partial charge in [0.15, 0.2) is 0 Å². The summed E-state index contributed by atoms with van der Waals surface area (Å²) in [5.74, 6) is -0.123. The topological polar surface area (TPSA) is 49.0 Å². The molecule has 0 radical (unpaired) electrons. The predicted octanol–water partition coefficient (Wildman–Crippen LogP) is 6.87. The smallest absolute Gasteiger partial charge is 0.335 e. The minimum atomic E-state index is -4.39. The van der Waals surface area contributed by atoms with Crippen molar-refractivity contribution in [3.63, 3.8) is 0 Å². The number of amides is 1. The second-order valence-corrected chi connectivity index (χ2v) is 9.74. The lowest BCUT2D eigenvalue weighted by molar-refractivity contribution is -0.137. The summed E-state index contributed by atoms with van der Waals surface area (Å²) in [5, 5.41) is 8.01. The molecule has 1 fully saturated rings. The number of halogens is 5. The van der Waals surface area contributed by atoms with E-state index < -0.39 is 11.7 Å². The van der Waals surface area contributed by atoms with Crippen LogP contribution < -0.4 is 0 Å². The molecule has 1 aromatic heterocycles. The number of nitrogens with zero attached hydrogens (tertiary/aromatic N) is 2. The number of rotatable bonds is 4. The van der Waals surface area contributed by atoms with Gasteiger partial charge < -0.3 is 4.90 Å². The molecule has 1 N–H and O–H groups in total. The van der Waals surface area contributed by atoms with Gasteiger partial charge >= 0.3 is 6.18 Å². The van der Waals surface area contributed by atoms with E-state index in [1.807, 2.05) is 11.1 Å². The van der Waals surface area contributed by atoms with Crippen LogP contribution in [0.25, 0.3) is 11.1 Å². The number of aromatic nitrogens is 2. The number of hydrogen-bond acceptors (Lipinski definition) is 2. The first kappa shape index (κ1) is 23.2. The molecule has 9 heteroatoms. The number of fused-ring (bicyclic) bond motifs is 1. The molecule has 1 amide bonds. The Balaban J connectivity index is 1.33. The number of aryl methyl sites for hydroxylation is 1. The highest BCUT2D eigenvalue weighted by Crippen LogP contribution is 2.40. The molecule has 0 saturated carbocycles. The van der Waals surface area contributed by atoms with E-state index in [0.717, 1.165) is 49.1 Å². The van der Waals surface area contributed by atoms with Gasteiger partial charge in [-0.3, -0.25) is 9.89 Å². The van der Waals surface area contributed by atoms with E-state index in [1.165, 1.54) is 12.1 Å². The van der Waals surface area contributed by atoms with Crippen LogP contribution in [0, 0.1) is 5.92 Å². The second kappa shape index (κ2) is 8.93. The number of hydrogen-bond donors (Lipinski definition) is 1. The molecule has 2 atom stereocenters. The maximum atomic E-state index is 13.3. The van der Waals surface area contributed by atoms with E-state index in [4.69, 9.17) is 23.2 Å². The van der Waals surface area contributed by atoms with Gasteiger partial charge in [-0.1, -0.05) is 35.3 Å². The lowest BCUT2D eigenvalue weighted by Crippen LogP contribution is -2.34. The molecule has 1 aliphatic heterocycles. The molecule has 4 nitrogen and oxygen atoms in total. The average Bonchev–Trinajstić information content (AvgIpc) is 3.42. The number of nitrogens with one attached hydrogen (secondary N) is 1. The Morgan fingerprint density at radius 1 is 1.06 bits per heavy atom. The van der Waals surface area contributed by atoms with Crippen LogP contribution in [0.15, 0.2) is 42.6 Å². The van der Waals surface area contributed by atoms with Crippen LogP contribution in [0.1, 0.15) is 47.7 Å². The fourth-order valence-corrected chi connectivity index (χ4v) is 5.73. The minimum absolute atomic E-state index is 0.0491. The first-order valence-corrected chi connectivity index (χ1v) is 12.0. The van der Waals surface area contributed by atoms with Gasteiger partial charge in [-0.2, -0.15) is 18.3 Å². The van der Waals surface area contributed by atoms with E-state index in [0.29, 0.717) is 39.7 Å². The molecule has 34 heavy (non-hydrogen) atoms. The number of benzene rings is 2. The summed E-state index contributed by atoms with van der Waals surface area (Å²) in [4.78, 5) is 15.2. The average molecular weight is 508 g/mol. The summed E-state index contributed by atoms with van der Waals surface area (Å²) in [5.41, 5.74) is 3.40. The second-order valence-electron chi connectivity index (χ2n) is 8.93. The van der Waals surface area contributed by atoms with Crippen molar-refractivity contribution in [2.45, 2.75) is 44.3 Å². The number of carbonyl (C=O) groups is 1. The number of H-pyrrole nitrogens is 1. The molecule has 1 saturated heterocycles. The zero-order valence-electron chi connectivity index (χ0n) is 18.1. The molecule has 5 rings (SSSR count). The Morgan fingerprint density at radius 3 is 2.44 bits per heavy atom. The van der Waals surface area contributed by atoms with Gasteiger partial charge in [0.2, 0.25) is 5.91 Å². The van der Waals surface area contributed by atoms with E-state index in [9.17, 15) is 18.0 Å². The first-order valence-electron chi connectivity index (χ1n) is 11.2. The van der Waals surface area contributed by atoms with Crippen LogP contribution in [0.3, 0.4) is 0 Å². The summed E-state index contributed by atoms with van der Waals surface area (Å²) < 4.78 is 38.6. The van der Waals surface area contributed by atoms with Crippen molar-refractivity contribution in [2.24, 2.45) is 5.92 Å². The van der Waals surface area contributed by atoms with E-state index in [1.54, 1.807) is 12.1 Å². The summed E-state index contributed by atoms with van der Waals surface area (Å²) in [6.45, 7) is 0.678. The van der Waals surface area contributed by atoms with Crippen LogP contribution in [-0.2, 0) is 23.8 Å². The highest BCUT2D eigenvalue weighted by Gasteiger charge is 2.39. The van der Waals surface area contributed by atoms with Crippen molar-refractivity contribution >= 4 is 29.1 Å². The van der Waals surface area contributed by atoms with E-state index >= 15 is 0 Å². The van der Waals surface area contributed by atoms with Gasteiger partial charge in [0.25, 0.3) is 0 Å². The zero-order valence-corrected chi connectivity index (χ0v) is 19.6. The lowest BCUT2D eigenvalue weighted by Gasteiger charge is -2.31. The summed E-state index contributed by atoms with van der Waals surface area (Å²) >= 11 is 13.1. The molecular formula is C25H22Cl2F3N3O. The molecule has 3 aromatic rings. The van der Waals surface area contributed by atoms with E-state index in [-0.39, 0.29) is 17.9 Å². The summed E-state index contributed by atoms with van der Waals surface area (Å²) in [6, 6.07) is 8.31. The fraction of sp³-hybridized carbons (Fsp3) is 0.360. The Bertz CT molecular complexity index is 1200. The molecule has 2 aromatic carbocycles. The third kappa shape index (κ3) is 4.31. The highest BCUT2D eigenvalue weighted by atomic mass is 35.5. The maximum absolute atomic E-state index is 13.3. The Labute approximate surface area is 205 Å². The quantitative estimate of drug-likeness (QED) is 0.418. The van der Waals surface area contributed by atoms with Crippen LogP contribution in [0.2, 0.25) is 10.0 Å². The van der Waals surface area contributed by atoms with Crippen molar-refractivity contribution in [3.8, 4) is 11.1 Å². The van der Waals surface area contributed by atoms with Gasteiger partial charge in [0.1, 0.15) is 0 Å². The van der Waals surface area contributed by atoms with E-state index in [2.05, 4.69) is 10.2 Å². The Morgan fingerprint density at radius 2 is 1.76 bits per heavy atom. The van der Waals surface area contributed by atoms with Gasteiger partial charge in [-0.15, -0.1) is 0 Å². The van der Waals surface area contributed by atoms with Crippen molar-refractivity contribution in [2.75, 3.05) is 6.54 Å². The third-order valence-electron chi connectivity index (χ3n) is 6.88. The molecule has 178 valence electrons. The van der Waals surface area contributed by atoms with Gasteiger partial charge in [0.05, 0.1) is 17.8 Å². The molecule has 0 bridgehead atoms. The molecule has 1 unspecified atom stereocenters. The molecule has 2 aliphatic rings. The summed E-state index contributed by atoms with van der Waals surface area (Å²) in [6.07, 6.45) is 1.46. The molecular weight excluding hydrogens is 486 g/mol. The van der Waals surface area contributed by atoms with Crippen molar-refractivity contribution in [1.29, 1.82) is 0 Å². The minimum Gasteiger partial charge on any atom is -0.335 e. The maximum Gasteiger partial charge on any atom is 0.416 e. The van der Waals surface area contributed by atoms with Gasteiger partial charge in [-0.25, -0.2) is 0 Å². The lowest BCUT2D eigenvalue weighted by atomic mass is 9.91. The normalized spacial score (nSPS) is 20.6. The van der Waals surface area contributed by atoms with Crippen molar-refractivity contribution in [3.05, 3.63) is 75.0 Å². The molecule has 2 heterocycles. The van der Waals surface area contributed by atoms with Crippen molar-refractivity contribution in [1.82, 2.24) is 15.1 Å². The number of carbonyl (C=O) groups excluding carboxylic acids is 1. The highest BCUT2D eigenvalue weighted by molar-refractivity contribution is 6.36. The molecule has 0 spiro atoms. The number of alkyl halides is 3. The van der Waals surface area contributed by atoms with Crippen LogP contribution >= 0.6 is 23.2 Å². The van der Waals surface area contributed by atoms with Gasteiger partial charge in [-0.05, 0) is 73.1 Å². The largest absolute Gasteiger partial charge is 0.416 e. The van der Waals surface area contributed by atoms with Crippen molar-refractivity contribution < 1.29 is 18.0 Å². The standard InChI is InChI=1S/C25H22Cl2F3N3O/c26-20-11-16(14-4-6-17(7-5-14)25(28,29)30)12-21(27)18(20)10-15-8-9-33(24(15)34)23-3-1-2-22-19(23)13-31-32-22/h4-7,11-13,15,23H,1-3,8-10H2,(H,31,32)/t15?,23-/m1/s1.